The van der Waals surface area contributed by atoms with Gasteiger partial charge in [0.25, 0.3) is 0 Å². The zero-order chi connectivity index (χ0) is 12.4. The Hall–Kier alpha value is -2.04. The molecule has 0 aliphatic heterocycles. The van der Waals surface area contributed by atoms with Crippen LogP contribution in [0, 0.1) is 10.1 Å². The number of nitro groups is 1. The third-order valence-corrected chi connectivity index (χ3v) is 2.87. The summed E-state index contributed by atoms with van der Waals surface area (Å²) >= 11 is 0. The van der Waals surface area contributed by atoms with E-state index in [9.17, 15) is 10.1 Å². The van der Waals surface area contributed by atoms with E-state index in [1.165, 1.54) is 0 Å². The van der Waals surface area contributed by atoms with Gasteiger partial charge in [-0.2, -0.15) is 0 Å². The van der Waals surface area contributed by atoms with Gasteiger partial charge in [0.15, 0.2) is 0 Å². The Morgan fingerprint density at radius 1 is 1.53 bits per heavy atom. The van der Waals surface area contributed by atoms with Crippen LogP contribution >= 0.6 is 0 Å². The molecule has 0 saturated carbocycles. The van der Waals surface area contributed by atoms with Gasteiger partial charge in [0.1, 0.15) is 5.75 Å². The van der Waals surface area contributed by atoms with Gasteiger partial charge in [-0.1, -0.05) is 6.92 Å². The highest BCUT2D eigenvalue weighted by Gasteiger charge is 2.16. The third kappa shape index (κ3) is 2.22. The second-order valence-electron chi connectivity index (χ2n) is 4.07. The molecule has 0 bridgehead atoms. The van der Waals surface area contributed by atoms with E-state index in [1.807, 2.05) is 31.3 Å². The lowest BCUT2D eigenvalue weighted by atomic mass is 10.0. The molecule has 90 valence electrons. The van der Waals surface area contributed by atoms with Gasteiger partial charge in [-0.15, -0.1) is 0 Å². The van der Waals surface area contributed by atoms with Crippen molar-refractivity contribution < 1.29 is 9.66 Å². The maximum Gasteiger partial charge on any atom is 0.210 e. The average molecular weight is 234 g/mol. The smallest absolute Gasteiger partial charge is 0.210 e. The third-order valence-electron chi connectivity index (χ3n) is 2.87. The fraction of sp³-hybridized carbons (Fsp3) is 0.333. The Labute approximate surface area is 98.5 Å². The Kier molecular flexibility index (Phi) is 2.99. The second kappa shape index (κ2) is 4.45. The number of nitrogens with zero attached hydrogens (tertiary/aromatic N) is 1. The van der Waals surface area contributed by atoms with Crippen LogP contribution in [0.4, 0.5) is 0 Å². The Bertz CT molecular complexity index is 548. The number of rotatable bonds is 4. The quantitative estimate of drug-likeness (QED) is 0.653. The van der Waals surface area contributed by atoms with Crippen LogP contribution in [0.15, 0.2) is 24.4 Å². The highest BCUT2D eigenvalue weighted by molar-refractivity contribution is 5.85. The molecule has 1 aromatic heterocycles. The number of hydrogen-bond donors (Lipinski definition) is 1. The van der Waals surface area contributed by atoms with Crippen molar-refractivity contribution in [2.75, 3.05) is 13.7 Å². The van der Waals surface area contributed by atoms with E-state index in [1.54, 1.807) is 7.11 Å². The van der Waals surface area contributed by atoms with Crippen molar-refractivity contribution in [2.24, 2.45) is 0 Å². The Morgan fingerprint density at radius 2 is 2.29 bits per heavy atom. The molecule has 1 aromatic carbocycles. The maximum absolute atomic E-state index is 10.5. The van der Waals surface area contributed by atoms with Crippen molar-refractivity contribution >= 4 is 10.9 Å². The van der Waals surface area contributed by atoms with Crippen molar-refractivity contribution in [3.8, 4) is 5.75 Å². The van der Waals surface area contributed by atoms with E-state index in [0.717, 1.165) is 22.2 Å². The van der Waals surface area contributed by atoms with Crippen molar-refractivity contribution in [2.45, 2.75) is 12.8 Å². The first-order valence-electron chi connectivity index (χ1n) is 5.38. The first-order chi connectivity index (χ1) is 8.11. The topological polar surface area (TPSA) is 68.2 Å². The van der Waals surface area contributed by atoms with Gasteiger partial charge < -0.3 is 9.72 Å². The number of fused-ring (bicyclic) bond motifs is 1. The minimum Gasteiger partial charge on any atom is -0.497 e. The predicted molar refractivity (Wildman–Crippen MR) is 65.1 cm³/mol. The molecule has 0 spiro atoms. The van der Waals surface area contributed by atoms with Gasteiger partial charge in [-0.3, -0.25) is 10.1 Å². The summed E-state index contributed by atoms with van der Waals surface area (Å²) in [7, 11) is 1.61. The number of methoxy groups -OCH3 is 1. The van der Waals surface area contributed by atoms with Crippen LogP contribution in [-0.2, 0) is 0 Å². The molecule has 0 amide bonds. The predicted octanol–water partition coefficient (Wildman–Crippen LogP) is 2.56. The molecule has 0 aliphatic rings. The number of aromatic nitrogens is 1. The summed E-state index contributed by atoms with van der Waals surface area (Å²) in [5, 5.41) is 11.5. The molecule has 1 unspecified atom stereocenters. The van der Waals surface area contributed by atoms with Crippen LogP contribution in [0.1, 0.15) is 18.4 Å². The van der Waals surface area contributed by atoms with Gasteiger partial charge in [-0.05, 0) is 23.8 Å². The van der Waals surface area contributed by atoms with Crippen molar-refractivity contribution in [1.29, 1.82) is 0 Å². The minimum absolute atomic E-state index is 0.0653. The Balaban J connectivity index is 2.43. The fourth-order valence-electron chi connectivity index (χ4n) is 1.98. The SMILES string of the molecule is COc1ccc2[nH]cc(C(C)C[N+](=O)[O-])c2c1. The van der Waals surface area contributed by atoms with Crippen LogP contribution in [0.5, 0.6) is 5.75 Å². The molecule has 1 N–H and O–H groups in total. The van der Waals surface area contributed by atoms with Crippen molar-refractivity contribution in [1.82, 2.24) is 4.98 Å². The Morgan fingerprint density at radius 3 is 2.94 bits per heavy atom. The van der Waals surface area contributed by atoms with Crippen molar-refractivity contribution in [3.63, 3.8) is 0 Å². The number of H-pyrrole nitrogens is 1. The summed E-state index contributed by atoms with van der Waals surface area (Å²) in [6.07, 6.45) is 1.83. The van der Waals surface area contributed by atoms with Crippen LogP contribution in [-0.4, -0.2) is 23.6 Å². The number of benzene rings is 1. The fourth-order valence-corrected chi connectivity index (χ4v) is 1.98. The summed E-state index contributed by atoms with van der Waals surface area (Å²) < 4.78 is 5.16. The average Bonchev–Trinajstić information content (AvgIpc) is 2.70. The van der Waals surface area contributed by atoms with E-state index < -0.39 is 0 Å². The lowest BCUT2D eigenvalue weighted by Gasteiger charge is -2.06. The summed E-state index contributed by atoms with van der Waals surface area (Å²) in [5.74, 6) is 0.637. The molecule has 2 aromatic rings. The summed E-state index contributed by atoms with van der Waals surface area (Å²) in [4.78, 5) is 13.4. The van der Waals surface area contributed by atoms with Gasteiger partial charge in [0, 0.05) is 27.9 Å². The monoisotopic (exact) mass is 234 g/mol. The minimum atomic E-state index is -0.288. The molecular weight excluding hydrogens is 220 g/mol. The summed E-state index contributed by atoms with van der Waals surface area (Å²) in [6.45, 7) is 1.79. The maximum atomic E-state index is 10.5. The zero-order valence-electron chi connectivity index (χ0n) is 9.77. The summed E-state index contributed by atoms with van der Waals surface area (Å²) in [5.41, 5.74) is 1.92. The standard InChI is InChI=1S/C12H14N2O3/c1-8(7-14(15)16)11-6-13-12-4-3-9(17-2)5-10(11)12/h3-6,8,13H,7H2,1-2H3. The molecule has 5 heteroatoms. The summed E-state index contributed by atoms with van der Waals surface area (Å²) in [6, 6.07) is 5.68. The van der Waals surface area contributed by atoms with Gasteiger partial charge in [0.2, 0.25) is 6.54 Å². The van der Waals surface area contributed by atoms with E-state index in [0.29, 0.717) is 0 Å². The number of hydrogen-bond acceptors (Lipinski definition) is 3. The molecular formula is C12H14N2O3. The van der Waals surface area contributed by atoms with E-state index in [2.05, 4.69) is 4.98 Å². The molecule has 0 radical (unpaired) electrons. The number of ether oxygens (including phenoxy) is 1. The normalized spacial score (nSPS) is 12.6. The molecule has 1 atom stereocenters. The molecule has 1 heterocycles. The largest absolute Gasteiger partial charge is 0.497 e. The molecule has 0 saturated heterocycles. The van der Waals surface area contributed by atoms with E-state index in [-0.39, 0.29) is 17.4 Å². The van der Waals surface area contributed by atoms with Gasteiger partial charge in [0.05, 0.1) is 7.11 Å². The molecule has 5 nitrogen and oxygen atoms in total. The number of nitrogens with one attached hydrogen (secondary N) is 1. The van der Waals surface area contributed by atoms with Crippen LogP contribution < -0.4 is 4.74 Å². The van der Waals surface area contributed by atoms with E-state index >= 15 is 0 Å². The lowest BCUT2D eigenvalue weighted by molar-refractivity contribution is -0.482. The lowest BCUT2D eigenvalue weighted by Crippen LogP contribution is -2.08. The molecule has 2 rings (SSSR count). The number of aromatic amines is 1. The first kappa shape index (κ1) is 11.4. The highest BCUT2D eigenvalue weighted by atomic mass is 16.6. The van der Waals surface area contributed by atoms with Crippen molar-refractivity contribution in [3.05, 3.63) is 40.1 Å². The van der Waals surface area contributed by atoms with Gasteiger partial charge >= 0.3 is 0 Å². The van der Waals surface area contributed by atoms with E-state index in [4.69, 9.17) is 4.74 Å². The molecule has 17 heavy (non-hydrogen) atoms. The van der Waals surface area contributed by atoms with Crippen LogP contribution in [0.25, 0.3) is 10.9 Å². The molecule has 0 fully saturated rings. The highest BCUT2D eigenvalue weighted by Crippen LogP contribution is 2.28. The van der Waals surface area contributed by atoms with Crippen LogP contribution in [0.3, 0.4) is 0 Å². The molecule has 0 aliphatic carbocycles. The van der Waals surface area contributed by atoms with Gasteiger partial charge in [-0.25, -0.2) is 0 Å². The first-order valence-corrected chi connectivity index (χ1v) is 5.38. The second-order valence-corrected chi connectivity index (χ2v) is 4.07. The zero-order valence-corrected chi connectivity index (χ0v) is 9.77. The van der Waals surface area contributed by atoms with Crippen LogP contribution in [0.2, 0.25) is 0 Å².